The number of hydrogen-bond acceptors (Lipinski definition) is 6. The van der Waals surface area contributed by atoms with Crippen molar-refractivity contribution < 1.29 is 14.3 Å². The lowest BCUT2D eigenvalue weighted by Gasteiger charge is -2.13. The third-order valence-corrected chi connectivity index (χ3v) is 4.14. The zero-order valence-electron chi connectivity index (χ0n) is 15.7. The molecule has 27 heavy (non-hydrogen) atoms. The molecule has 0 atom stereocenters. The molecule has 2 rings (SSSR count). The summed E-state index contributed by atoms with van der Waals surface area (Å²) in [5.41, 5.74) is 5.96. The van der Waals surface area contributed by atoms with Crippen LogP contribution >= 0.6 is 0 Å². The molecule has 1 aromatic heterocycles. The molecule has 0 aliphatic heterocycles. The second-order valence-corrected chi connectivity index (χ2v) is 6.30. The van der Waals surface area contributed by atoms with Gasteiger partial charge in [-0.05, 0) is 18.9 Å². The molecule has 2 N–H and O–H groups in total. The number of carbonyl (C=O) groups excluding carboxylic acids is 2. The lowest BCUT2D eigenvalue weighted by molar-refractivity contribution is -0.141. The van der Waals surface area contributed by atoms with Gasteiger partial charge in [0.1, 0.15) is 11.4 Å². The highest BCUT2D eigenvalue weighted by Crippen LogP contribution is 2.08. The number of nitrogens with zero attached hydrogens (tertiary/aromatic N) is 2. The lowest BCUT2D eigenvalue weighted by Crippen LogP contribution is -2.43. The van der Waals surface area contributed by atoms with Gasteiger partial charge in [0, 0.05) is 13.6 Å². The van der Waals surface area contributed by atoms with Crippen molar-refractivity contribution in [3.05, 3.63) is 61.8 Å². The Morgan fingerprint density at radius 3 is 2.37 bits per heavy atom. The number of aryl methyl sites for hydroxylation is 1. The van der Waals surface area contributed by atoms with Crippen molar-refractivity contribution in [2.75, 3.05) is 12.3 Å². The summed E-state index contributed by atoms with van der Waals surface area (Å²) in [6.07, 6.45) is 0.609. The Bertz CT molecular complexity index is 971. The van der Waals surface area contributed by atoms with E-state index in [1.165, 1.54) is 11.6 Å². The van der Waals surface area contributed by atoms with E-state index in [9.17, 15) is 19.2 Å². The maximum Gasteiger partial charge on any atom is 0.332 e. The molecule has 1 aromatic carbocycles. The SMILES string of the molecule is CCCn1c(N)c(C(=O)COC(=O)Cc2ccc(C)cc2)c(=O)n(C)c1=O. The summed E-state index contributed by atoms with van der Waals surface area (Å²) in [6.45, 7) is 3.43. The van der Waals surface area contributed by atoms with Gasteiger partial charge in [-0.2, -0.15) is 0 Å². The Hall–Kier alpha value is -3.16. The number of hydrogen-bond donors (Lipinski definition) is 1. The highest BCUT2D eigenvalue weighted by molar-refractivity contribution is 6.01. The second-order valence-electron chi connectivity index (χ2n) is 6.30. The molecule has 8 nitrogen and oxygen atoms in total. The van der Waals surface area contributed by atoms with Crippen LogP contribution in [0.25, 0.3) is 0 Å². The molecular weight excluding hydrogens is 350 g/mol. The summed E-state index contributed by atoms with van der Waals surface area (Å²) in [5.74, 6) is -1.54. The maximum atomic E-state index is 12.4. The van der Waals surface area contributed by atoms with E-state index in [0.29, 0.717) is 6.42 Å². The third kappa shape index (κ3) is 4.52. The van der Waals surface area contributed by atoms with Gasteiger partial charge in [0.15, 0.2) is 6.61 Å². The van der Waals surface area contributed by atoms with E-state index in [2.05, 4.69) is 0 Å². The number of nitrogens with two attached hydrogens (primary N) is 1. The zero-order valence-corrected chi connectivity index (χ0v) is 15.7. The lowest BCUT2D eigenvalue weighted by atomic mass is 10.1. The van der Waals surface area contributed by atoms with Crippen molar-refractivity contribution >= 4 is 17.6 Å². The number of rotatable bonds is 7. The van der Waals surface area contributed by atoms with Gasteiger partial charge >= 0.3 is 11.7 Å². The van der Waals surface area contributed by atoms with E-state index in [-0.39, 0.29) is 24.3 Å². The predicted molar refractivity (Wildman–Crippen MR) is 101 cm³/mol. The molecule has 2 aromatic rings. The molecule has 0 bridgehead atoms. The number of Topliss-reactive ketones (excluding diaryl/α,β-unsaturated/α-hetero) is 1. The Morgan fingerprint density at radius 1 is 1.15 bits per heavy atom. The summed E-state index contributed by atoms with van der Waals surface area (Å²) in [6, 6.07) is 7.34. The quantitative estimate of drug-likeness (QED) is 0.568. The van der Waals surface area contributed by atoms with Crippen LogP contribution in [0.1, 0.15) is 34.8 Å². The zero-order chi connectivity index (χ0) is 20.1. The fourth-order valence-electron chi connectivity index (χ4n) is 2.63. The van der Waals surface area contributed by atoms with Gasteiger partial charge < -0.3 is 10.5 Å². The molecule has 0 aliphatic rings. The Labute approximate surface area is 156 Å². The van der Waals surface area contributed by atoms with E-state index in [4.69, 9.17) is 10.5 Å². The van der Waals surface area contributed by atoms with Gasteiger partial charge in [0.25, 0.3) is 5.56 Å². The fourth-order valence-corrected chi connectivity index (χ4v) is 2.63. The number of esters is 1. The Kier molecular flexibility index (Phi) is 6.33. The van der Waals surface area contributed by atoms with Gasteiger partial charge in [0.05, 0.1) is 6.42 Å². The first-order chi connectivity index (χ1) is 12.8. The minimum absolute atomic E-state index is 0.0103. The Morgan fingerprint density at radius 2 is 1.78 bits per heavy atom. The number of carbonyl (C=O) groups is 2. The minimum atomic E-state index is -0.801. The molecule has 0 unspecified atom stereocenters. The number of benzene rings is 1. The predicted octanol–water partition coefficient (Wildman–Crippen LogP) is 0.816. The first-order valence-corrected chi connectivity index (χ1v) is 8.59. The largest absolute Gasteiger partial charge is 0.457 e. The first kappa shape index (κ1) is 20.2. The number of aromatic nitrogens is 2. The normalized spacial score (nSPS) is 10.6. The molecular formula is C19H23N3O5. The topological polar surface area (TPSA) is 113 Å². The summed E-state index contributed by atoms with van der Waals surface area (Å²) in [7, 11) is 1.27. The van der Waals surface area contributed by atoms with Crippen LogP contribution in [-0.2, 0) is 29.5 Å². The highest BCUT2D eigenvalue weighted by Gasteiger charge is 2.22. The van der Waals surface area contributed by atoms with Crippen molar-refractivity contribution in [3.63, 3.8) is 0 Å². The van der Waals surface area contributed by atoms with E-state index in [1.807, 2.05) is 26.0 Å². The molecule has 0 radical (unpaired) electrons. The maximum absolute atomic E-state index is 12.4. The van der Waals surface area contributed by atoms with Crippen molar-refractivity contribution in [3.8, 4) is 0 Å². The summed E-state index contributed by atoms with van der Waals surface area (Å²) < 4.78 is 6.99. The highest BCUT2D eigenvalue weighted by atomic mass is 16.5. The van der Waals surface area contributed by atoms with Gasteiger partial charge in [-0.3, -0.25) is 23.5 Å². The number of anilines is 1. The summed E-state index contributed by atoms with van der Waals surface area (Å²) in [5, 5.41) is 0. The van der Waals surface area contributed by atoms with E-state index >= 15 is 0 Å². The van der Waals surface area contributed by atoms with Crippen molar-refractivity contribution in [2.24, 2.45) is 7.05 Å². The van der Waals surface area contributed by atoms with Crippen LogP contribution in [0.3, 0.4) is 0 Å². The standard InChI is InChI=1S/C19H23N3O5/c1-4-9-22-17(20)16(18(25)21(3)19(22)26)14(23)11-27-15(24)10-13-7-5-12(2)6-8-13/h5-8H,4,9-11,20H2,1-3H3. The third-order valence-electron chi connectivity index (χ3n) is 4.14. The Balaban J connectivity index is 2.16. The van der Waals surface area contributed by atoms with Crippen molar-refractivity contribution in [1.82, 2.24) is 9.13 Å². The molecule has 144 valence electrons. The van der Waals surface area contributed by atoms with Gasteiger partial charge in [-0.1, -0.05) is 36.8 Å². The summed E-state index contributed by atoms with van der Waals surface area (Å²) in [4.78, 5) is 48.8. The van der Waals surface area contributed by atoms with Crippen molar-refractivity contribution in [1.29, 1.82) is 0 Å². The monoisotopic (exact) mass is 373 g/mol. The number of ether oxygens (including phenoxy) is 1. The number of ketones is 1. The van der Waals surface area contributed by atoms with E-state index in [1.54, 1.807) is 12.1 Å². The van der Waals surface area contributed by atoms with Crippen LogP contribution < -0.4 is 17.0 Å². The van der Waals surface area contributed by atoms with Crippen LogP contribution in [0.2, 0.25) is 0 Å². The second kappa shape index (κ2) is 8.48. The molecule has 0 saturated carbocycles. The van der Waals surface area contributed by atoms with E-state index < -0.39 is 29.6 Å². The summed E-state index contributed by atoms with van der Waals surface area (Å²) >= 11 is 0. The smallest absolute Gasteiger partial charge is 0.332 e. The molecule has 0 amide bonds. The molecule has 8 heteroatoms. The van der Waals surface area contributed by atoms with Gasteiger partial charge in [0.2, 0.25) is 5.78 Å². The molecule has 0 fully saturated rings. The average Bonchev–Trinajstić information content (AvgIpc) is 2.64. The van der Waals surface area contributed by atoms with Crippen molar-refractivity contribution in [2.45, 2.75) is 33.2 Å². The molecule has 0 aliphatic carbocycles. The molecule has 0 spiro atoms. The fraction of sp³-hybridized carbons (Fsp3) is 0.368. The number of nitrogen functional groups attached to an aromatic ring is 1. The van der Waals surface area contributed by atoms with Crippen LogP contribution in [-0.4, -0.2) is 27.5 Å². The van der Waals surface area contributed by atoms with Gasteiger partial charge in [-0.25, -0.2) is 4.79 Å². The van der Waals surface area contributed by atoms with Crippen LogP contribution in [0.15, 0.2) is 33.9 Å². The van der Waals surface area contributed by atoms with E-state index in [0.717, 1.165) is 15.7 Å². The minimum Gasteiger partial charge on any atom is -0.457 e. The van der Waals surface area contributed by atoms with Crippen LogP contribution in [0.5, 0.6) is 0 Å². The average molecular weight is 373 g/mol. The van der Waals surface area contributed by atoms with Crippen LogP contribution in [0.4, 0.5) is 5.82 Å². The molecule has 0 saturated heterocycles. The van der Waals surface area contributed by atoms with Gasteiger partial charge in [-0.15, -0.1) is 0 Å². The van der Waals surface area contributed by atoms with Crippen LogP contribution in [0, 0.1) is 6.92 Å². The first-order valence-electron chi connectivity index (χ1n) is 8.59. The molecule has 1 heterocycles.